The maximum Gasteiger partial charge on any atom is 0.290 e. The van der Waals surface area contributed by atoms with E-state index in [1.54, 1.807) is 7.05 Å². The first kappa shape index (κ1) is 12.2. The van der Waals surface area contributed by atoms with Crippen molar-refractivity contribution in [3.05, 3.63) is 0 Å². The third kappa shape index (κ3) is 9.08. The summed E-state index contributed by atoms with van der Waals surface area (Å²) in [4.78, 5) is 20.6. The topological polar surface area (TPSA) is 58.2 Å². The van der Waals surface area contributed by atoms with Gasteiger partial charge >= 0.3 is 0 Å². The van der Waals surface area contributed by atoms with Crippen LogP contribution in [0.1, 0.15) is 25.7 Å². The van der Waals surface area contributed by atoms with E-state index in [1.807, 2.05) is 0 Å². The van der Waals surface area contributed by atoms with Crippen molar-refractivity contribution >= 4 is 19.5 Å². The molecule has 0 saturated heterocycles. The van der Waals surface area contributed by atoms with E-state index in [1.165, 1.54) is 7.41 Å². The summed E-state index contributed by atoms with van der Waals surface area (Å²) in [6.07, 6.45) is 4.22. The maximum absolute atomic E-state index is 10.8. The van der Waals surface area contributed by atoms with Gasteiger partial charge in [0, 0.05) is 13.5 Å². The number of nitrogens with one attached hydrogen (secondary N) is 2. The van der Waals surface area contributed by atoms with Gasteiger partial charge in [0.25, 0.3) is 7.41 Å². The molecule has 0 aliphatic carbocycles. The Morgan fingerprint density at radius 2 is 2.15 bits per heavy atom. The lowest BCUT2D eigenvalue weighted by Gasteiger charge is -2.00. The summed E-state index contributed by atoms with van der Waals surface area (Å²) in [5.74, 6) is 0.0902. The molecule has 0 bridgehead atoms. The van der Waals surface area contributed by atoms with Crippen LogP contribution in [0.5, 0.6) is 0 Å². The van der Waals surface area contributed by atoms with Gasteiger partial charge in [-0.15, -0.1) is 0 Å². The molecule has 0 aromatic carbocycles. The Hall–Kier alpha value is -0.835. The second-order valence-corrected chi connectivity index (χ2v) is 2.74. The molecular weight excluding hydrogens is 167 g/mol. The van der Waals surface area contributed by atoms with Crippen LogP contribution in [0.2, 0.25) is 0 Å². The number of carbonyl (C=O) groups excluding carboxylic acids is 2. The SMILES string of the molecule is CNC(=O)CCCCCN[B]C=O. The zero-order valence-electron chi connectivity index (χ0n) is 8.01. The number of hydrogen-bond acceptors (Lipinski definition) is 3. The predicted octanol–water partition coefficient (Wildman–Crippen LogP) is -0.308. The van der Waals surface area contributed by atoms with Gasteiger partial charge in [-0.3, -0.25) is 4.79 Å². The Kier molecular flexibility index (Phi) is 8.66. The quantitative estimate of drug-likeness (QED) is 0.308. The minimum Gasteiger partial charge on any atom is -0.359 e. The minimum absolute atomic E-state index is 0.0902. The Labute approximate surface area is 79.7 Å². The minimum atomic E-state index is 0.0902. The van der Waals surface area contributed by atoms with Crippen LogP contribution in [0.4, 0.5) is 0 Å². The molecule has 0 aromatic heterocycles. The van der Waals surface area contributed by atoms with Gasteiger partial charge in [-0.1, -0.05) is 6.42 Å². The van der Waals surface area contributed by atoms with Gasteiger partial charge < -0.3 is 15.3 Å². The smallest absolute Gasteiger partial charge is 0.290 e. The number of hydrogen-bond donors (Lipinski definition) is 2. The van der Waals surface area contributed by atoms with Gasteiger partial charge in [0.2, 0.25) is 5.91 Å². The van der Waals surface area contributed by atoms with Gasteiger partial charge in [0.15, 0.2) is 0 Å². The van der Waals surface area contributed by atoms with Crippen molar-refractivity contribution in [2.24, 2.45) is 0 Å². The first-order chi connectivity index (χ1) is 6.31. The van der Waals surface area contributed by atoms with E-state index in [0.29, 0.717) is 6.42 Å². The predicted molar refractivity (Wildman–Crippen MR) is 53.0 cm³/mol. The zero-order chi connectivity index (χ0) is 9.94. The molecule has 1 radical (unpaired) electrons. The van der Waals surface area contributed by atoms with Gasteiger partial charge in [-0.2, -0.15) is 0 Å². The van der Waals surface area contributed by atoms with Gasteiger partial charge in [-0.25, -0.2) is 0 Å². The van der Waals surface area contributed by atoms with Crippen molar-refractivity contribution in [1.29, 1.82) is 0 Å². The molecule has 0 rings (SSSR count). The lowest BCUT2D eigenvalue weighted by atomic mass is 9.99. The highest BCUT2D eigenvalue weighted by atomic mass is 16.1. The van der Waals surface area contributed by atoms with E-state index in [9.17, 15) is 9.59 Å². The standard InChI is InChI=1S/C8H16BN2O2/c1-10-8(13)5-3-2-4-6-11-9-7-12/h7,11H,2-6H2,1H3,(H,10,13). The molecule has 0 aliphatic heterocycles. The van der Waals surface area contributed by atoms with Crippen LogP contribution < -0.4 is 10.5 Å². The second kappa shape index (κ2) is 9.25. The van der Waals surface area contributed by atoms with Crippen LogP contribution in [0.15, 0.2) is 0 Å². The summed E-state index contributed by atoms with van der Waals surface area (Å²) in [5, 5.41) is 5.41. The normalized spacial score (nSPS) is 9.31. The largest absolute Gasteiger partial charge is 0.359 e. The van der Waals surface area contributed by atoms with Crippen molar-refractivity contribution < 1.29 is 9.59 Å². The van der Waals surface area contributed by atoms with E-state index in [2.05, 4.69) is 10.5 Å². The molecule has 4 nitrogen and oxygen atoms in total. The Balaban J connectivity index is 2.99. The van der Waals surface area contributed by atoms with Gasteiger partial charge in [-0.05, 0) is 19.4 Å². The molecule has 13 heavy (non-hydrogen) atoms. The molecule has 0 unspecified atom stereocenters. The lowest BCUT2D eigenvalue weighted by Crippen LogP contribution is -2.21. The zero-order valence-corrected chi connectivity index (χ0v) is 8.01. The van der Waals surface area contributed by atoms with Crippen molar-refractivity contribution in [2.75, 3.05) is 13.6 Å². The number of unbranched alkanes of at least 4 members (excludes halogenated alkanes) is 2. The third-order valence-corrected chi connectivity index (χ3v) is 1.69. The summed E-state index contributed by atoms with van der Waals surface area (Å²) < 4.78 is 0. The summed E-state index contributed by atoms with van der Waals surface area (Å²) >= 11 is 0. The highest BCUT2D eigenvalue weighted by Crippen LogP contribution is 1.97. The number of amides is 1. The molecule has 0 aromatic rings. The fourth-order valence-electron chi connectivity index (χ4n) is 0.946. The Bertz CT molecular complexity index is 153. The highest BCUT2D eigenvalue weighted by Gasteiger charge is 1.96. The number of rotatable bonds is 8. The van der Waals surface area contributed by atoms with E-state index in [0.717, 1.165) is 32.0 Å². The van der Waals surface area contributed by atoms with Crippen molar-refractivity contribution in [3.8, 4) is 0 Å². The molecule has 2 N–H and O–H groups in total. The highest BCUT2D eigenvalue weighted by molar-refractivity contribution is 6.64. The molecule has 1 amide bonds. The molecular formula is C8H16BN2O2. The maximum atomic E-state index is 10.8. The van der Waals surface area contributed by atoms with Gasteiger partial charge in [0.05, 0.1) is 6.19 Å². The molecule has 0 aliphatic rings. The van der Waals surface area contributed by atoms with Gasteiger partial charge in [0.1, 0.15) is 0 Å². The average Bonchev–Trinajstić information content (AvgIpc) is 2.16. The van der Waals surface area contributed by atoms with Crippen molar-refractivity contribution in [1.82, 2.24) is 10.5 Å². The third-order valence-electron chi connectivity index (χ3n) is 1.69. The van der Waals surface area contributed by atoms with Crippen LogP contribution in [0.3, 0.4) is 0 Å². The average molecular weight is 183 g/mol. The Morgan fingerprint density at radius 3 is 2.77 bits per heavy atom. The van der Waals surface area contributed by atoms with Crippen LogP contribution in [-0.4, -0.2) is 33.1 Å². The fourth-order valence-corrected chi connectivity index (χ4v) is 0.946. The molecule has 73 valence electrons. The molecule has 0 fully saturated rings. The monoisotopic (exact) mass is 183 g/mol. The van der Waals surface area contributed by atoms with Crippen molar-refractivity contribution in [2.45, 2.75) is 25.7 Å². The summed E-state index contributed by atoms with van der Waals surface area (Å²) in [6, 6.07) is 0. The fraction of sp³-hybridized carbons (Fsp3) is 0.750. The molecule has 0 saturated carbocycles. The Morgan fingerprint density at radius 1 is 1.38 bits per heavy atom. The van der Waals surface area contributed by atoms with E-state index in [4.69, 9.17) is 0 Å². The van der Waals surface area contributed by atoms with Crippen LogP contribution >= 0.6 is 0 Å². The summed E-state index contributed by atoms with van der Waals surface area (Å²) in [5.41, 5.74) is 0. The molecule has 0 heterocycles. The van der Waals surface area contributed by atoms with E-state index < -0.39 is 0 Å². The van der Waals surface area contributed by atoms with E-state index in [-0.39, 0.29) is 5.91 Å². The van der Waals surface area contributed by atoms with Crippen LogP contribution in [0.25, 0.3) is 0 Å². The second-order valence-electron chi connectivity index (χ2n) is 2.74. The molecule has 0 atom stereocenters. The van der Waals surface area contributed by atoms with Crippen LogP contribution in [0, 0.1) is 0 Å². The van der Waals surface area contributed by atoms with Crippen LogP contribution in [-0.2, 0) is 9.59 Å². The first-order valence-corrected chi connectivity index (χ1v) is 4.52. The first-order valence-electron chi connectivity index (χ1n) is 4.52. The summed E-state index contributed by atoms with van der Waals surface area (Å²) in [6.45, 7) is 0.798. The molecule has 0 spiro atoms. The molecule has 5 heteroatoms. The van der Waals surface area contributed by atoms with E-state index >= 15 is 0 Å². The van der Waals surface area contributed by atoms with Crippen molar-refractivity contribution in [3.63, 3.8) is 0 Å². The summed E-state index contributed by atoms with van der Waals surface area (Å²) in [7, 11) is 3.03. The number of carbonyl (C=O) groups is 2. The lowest BCUT2D eigenvalue weighted by molar-refractivity contribution is -0.120.